The molecule has 0 aromatic heterocycles. The molecule has 0 aliphatic rings. The molecule has 3 N–H and O–H groups in total. The van der Waals surface area contributed by atoms with E-state index < -0.39 is 18.0 Å². The molecule has 0 heterocycles. The molecule has 0 fully saturated rings. The molecular formula is C10H20N2O3. The van der Waals surface area contributed by atoms with E-state index in [-0.39, 0.29) is 0 Å². The maximum Gasteiger partial charge on any atom is 0.325 e. The second kappa shape index (κ2) is 6.27. The first kappa shape index (κ1) is 13.7. The Hall–Kier alpha value is -1.26. The Kier molecular flexibility index (Phi) is 5.74. The van der Waals surface area contributed by atoms with Gasteiger partial charge in [-0.25, -0.2) is 4.79 Å². The van der Waals surface area contributed by atoms with E-state index in [0.717, 1.165) is 0 Å². The summed E-state index contributed by atoms with van der Waals surface area (Å²) in [5.74, 6) is -0.180. The van der Waals surface area contributed by atoms with Crippen molar-refractivity contribution in [1.82, 2.24) is 10.6 Å². The average molecular weight is 216 g/mol. The highest BCUT2D eigenvalue weighted by atomic mass is 16.4. The van der Waals surface area contributed by atoms with Crippen LogP contribution in [0.5, 0.6) is 0 Å². The van der Waals surface area contributed by atoms with Gasteiger partial charge in [0.25, 0.3) is 0 Å². The van der Waals surface area contributed by atoms with Crippen LogP contribution in [0.2, 0.25) is 0 Å². The van der Waals surface area contributed by atoms with E-state index in [1.807, 2.05) is 6.92 Å². The number of carbonyl (C=O) groups excluding carboxylic acids is 1. The lowest BCUT2D eigenvalue weighted by Crippen LogP contribution is -2.45. The van der Waals surface area contributed by atoms with Crippen LogP contribution in [0.15, 0.2) is 0 Å². The third-order valence-corrected chi connectivity index (χ3v) is 2.44. The molecule has 5 nitrogen and oxygen atoms in total. The summed E-state index contributed by atoms with van der Waals surface area (Å²) in [6.07, 6.45) is 0. The van der Waals surface area contributed by atoms with Crippen molar-refractivity contribution in [2.75, 3.05) is 6.54 Å². The molecule has 0 spiro atoms. The molecule has 0 aliphatic carbocycles. The maximum absolute atomic E-state index is 11.2. The predicted octanol–water partition coefficient (Wildman–Crippen LogP) is 1.05. The first-order chi connectivity index (χ1) is 6.84. The lowest BCUT2D eigenvalue weighted by atomic mass is 9.98. The number of aliphatic carboxylic acids is 1. The second-order valence-electron chi connectivity index (χ2n) is 4.14. The van der Waals surface area contributed by atoms with E-state index >= 15 is 0 Å². The van der Waals surface area contributed by atoms with Crippen molar-refractivity contribution < 1.29 is 14.7 Å². The number of hydrogen-bond acceptors (Lipinski definition) is 2. The van der Waals surface area contributed by atoms with Crippen molar-refractivity contribution in [3.63, 3.8) is 0 Å². The third kappa shape index (κ3) is 5.93. The van der Waals surface area contributed by atoms with Crippen LogP contribution >= 0.6 is 0 Å². The standard InChI is InChI=1S/C10H20N2O3/c1-6(2)7(3)5-11-10(15)12-8(4)9(13)14/h6-8H,5H2,1-4H3,(H,13,14)(H2,11,12,15)/t7?,8-/m1/s1. The van der Waals surface area contributed by atoms with Gasteiger partial charge in [0.05, 0.1) is 0 Å². The van der Waals surface area contributed by atoms with Crippen LogP contribution < -0.4 is 10.6 Å². The first-order valence-corrected chi connectivity index (χ1v) is 5.11. The molecule has 0 radical (unpaired) electrons. The largest absolute Gasteiger partial charge is 0.480 e. The van der Waals surface area contributed by atoms with Gasteiger partial charge in [0, 0.05) is 6.54 Å². The molecule has 1 unspecified atom stereocenters. The highest BCUT2D eigenvalue weighted by Crippen LogP contribution is 2.07. The fourth-order valence-electron chi connectivity index (χ4n) is 0.799. The minimum atomic E-state index is -1.04. The lowest BCUT2D eigenvalue weighted by molar-refractivity contribution is -0.138. The molecule has 0 saturated carbocycles. The summed E-state index contributed by atoms with van der Waals surface area (Å²) in [7, 11) is 0. The summed E-state index contributed by atoms with van der Waals surface area (Å²) >= 11 is 0. The van der Waals surface area contributed by atoms with Crippen LogP contribution in [-0.2, 0) is 4.79 Å². The second-order valence-corrected chi connectivity index (χ2v) is 4.14. The Balaban J connectivity index is 3.80. The fourth-order valence-corrected chi connectivity index (χ4v) is 0.799. The van der Waals surface area contributed by atoms with Crippen molar-refractivity contribution in [3.05, 3.63) is 0 Å². The summed E-state index contributed by atoms with van der Waals surface area (Å²) in [5.41, 5.74) is 0. The number of carbonyl (C=O) groups is 2. The third-order valence-electron chi connectivity index (χ3n) is 2.44. The summed E-state index contributed by atoms with van der Waals surface area (Å²) in [6.45, 7) is 8.16. The van der Waals surface area contributed by atoms with Crippen molar-refractivity contribution >= 4 is 12.0 Å². The van der Waals surface area contributed by atoms with E-state index in [1.54, 1.807) is 0 Å². The van der Waals surface area contributed by atoms with Crippen molar-refractivity contribution in [2.45, 2.75) is 33.7 Å². The monoisotopic (exact) mass is 216 g/mol. The minimum Gasteiger partial charge on any atom is -0.480 e. The number of carboxylic acids is 1. The zero-order chi connectivity index (χ0) is 12.0. The molecular weight excluding hydrogens is 196 g/mol. The Morgan fingerprint density at radius 3 is 2.13 bits per heavy atom. The molecule has 0 aromatic carbocycles. The van der Waals surface area contributed by atoms with Crippen LogP contribution in [-0.4, -0.2) is 29.7 Å². The fraction of sp³-hybridized carbons (Fsp3) is 0.800. The van der Waals surface area contributed by atoms with Crippen molar-refractivity contribution in [3.8, 4) is 0 Å². The number of urea groups is 1. The first-order valence-electron chi connectivity index (χ1n) is 5.11. The summed E-state index contributed by atoms with van der Waals surface area (Å²) in [5, 5.41) is 13.5. The number of nitrogens with one attached hydrogen (secondary N) is 2. The summed E-state index contributed by atoms with van der Waals surface area (Å²) in [6, 6.07) is -1.29. The van der Waals surface area contributed by atoms with Crippen LogP contribution in [0.1, 0.15) is 27.7 Å². The van der Waals surface area contributed by atoms with Gasteiger partial charge in [-0.3, -0.25) is 4.79 Å². The molecule has 0 bridgehead atoms. The van der Waals surface area contributed by atoms with E-state index in [1.165, 1.54) is 6.92 Å². The Morgan fingerprint density at radius 2 is 1.73 bits per heavy atom. The Bertz CT molecular complexity index is 229. The number of amides is 2. The minimum absolute atomic E-state index is 0.371. The van der Waals surface area contributed by atoms with Gasteiger partial charge in [0.15, 0.2) is 0 Å². The van der Waals surface area contributed by atoms with E-state index in [0.29, 0.717) is 18.4 Å². The quantitative estimate of drug-likeness (QED) is 0.642. The van der Waals surface area contributed by atoms with Gasteiger partial charge in [-0.2, -0.15) is 0 Å². The number of hydrogen-bond donors (Lipinski definition) is 3. The van der Waals surface area contributed by atoms with E-state index in [2.05, 4.69) is 24.5 Å². The van der Waals surface area contributed by atoms with Gasteiger partial charge in [-0.15, -0.1) is 0 Å². The number of rotatable bonds is 5. The van der Waals surface area contributed by atoms with Gasteiger partial charge >= 0.3 is 12.0 Å². The summed E-state index contributed by atoms with van der Waals surface area (Å²) < 4.78 is 0. The van der Waals surface area contributed by atoms with Gasteiger partial charge in [0.1, 0.15) is 6.04 Å². The topological polar surface area (TPSA) is 78.4 Å². The molecule has 0 aromatic rings. The van der Waals surface area contributed by atoms with Crippen LogP contribution in [0.3, 0.4) is 0 Å². The normalized spacial score (nSPS) is 14.5. The van der Waals surface area contributed by atoms with Crippen LogP contribution in [0, 0.1) is 11.8 Å². The average Bonchev–Trinajstić information content (AvgIpc) is 2.13. The van der Waals surface area contributed by atoms with Gasteiger partial charge in [-0.05, 0) is 18.8 Å². The lowest BCUT2D eigenvalue weighted by Gasteiger charge is -2.17. The zero-order valence-corrected chi connectivity index (χ0v) is 9.70. The maximum atomic E-state index is 11.2. The molecule has 0 rings (SSSR count). The van der Waals surface area contributed by atoms with Gasteiger partial charge < -0.3 is 15.7 Å². The van der Waals surface area contributed by atoms with Gasteiger partial charge in [0.2, 0.25) is 0 Å². The smallest absolute Gasteiger partial charge is 0.325 e. The molecule has 2 atom stereocenters. The summed E-state index contributed by atoms with van der Waals surface area (Å²) in [4.78, 5) is 21.6. The predicted molar refractivity (Wildman–Crippen MR) is 57.6 cm³/mol. The van der Waals surface area contributed by atoms with E-state index in [9.17, 15) is 9.59 Å². The molecule has 88 valence electrons. The van der Waals surface area contributed by atoms with Crippen LogP contribution in [0.4, 0.5) is 4.79 Å². The van der Waals surface area contributed by atoms with Crippen molar-refractivity contribution in [2.24, 2.45) is 11.8 Å². The van der Waals surface area contributed by atoms with Crippen molar-refractivity contribution in [1.29, 1.82) is 0 Å². The Labute approximate surface area is 90.2 Å². The van der Waals surface area contributed by atoms with E-state index in [4.69, 9.17) is 5.11 Å². The van der Waals surface area contributed by atoms with Crippen LogP contribution in [0.25, 0.3) is 0 Å². The highest BCUT2D eigenvalue weighted by molar-refractivity contribution is 5.82. The molecule has 15 heavy (non-hydrogen) atoms. The SMILES string of the molecule is CC(C)C(C)CNC(=O)N[C@H](C)C(=O)O. The molecule has 2 amide bonds. The molecule has 0 aliphatic heterocycles. The zero-order valence-electron chi connectivity index (χ0n) is 9.70. The number of carboxylic acid groups (broad SMARTS) is 1. The highest BCUT2D eigenvalue weighted by Gasteiger charge is 2.14. The molecule has 5 heteroatoms. The van der Waals surface area contributed by atoms with Gasteiger partial charge in [-0.1, -0.05) is 20.8 Å². The molecule has 0 saturated heterocycles. The Morgan fingerprint density at radius 1 is 1.20 bits per heavy atom.